The third-order valence-electron chi connectivity index (χ3n) is 2.49. The molecule has 0 fully saturated rings. The van der Waals surface area contributed by atoms with Gasteiger partial charge in [0.1, 0.15) is 6.33 Å². The highest BCUT2D eigenvalue weighted by atomic mass is 32.2. The van der Waals surface area contributed by atoms with Crippen molar-refractivity contribution in [3.8, 4) is 11.6 Å². The van der Waals surface area contributed by atoms with Crippen LogP contribution in [0, 0.1) is 0 Å². The molecule has 2 rings (SSSR count). The minimum atomic E-state index is -4.00. The molecule has 0 unspecified atom stereocenters. The molecule has 0 bridgehead atoms. The number of aromatic nitrogens is 2. The van der Waals surface area contributed by atoms with E-state index < -0.39 is 22.9 Å². The lowest BCUT2D eigenvalue weighted by Crippen LogP contribution is -2.15. The van der Waals surface area contributed by atoms with Gasteiger partial charge in [-0.05, 0) is 24.3 Å². The zero-order valence-corrected chi connectivity index (χ0v) is 11.7. The number of methoxy groups -OCH3 is 2. The molecular formula is C12H14N4O4S. The standard InChI is InChI=1S/C12H14N4O4S/c1-19-10-11(14-7-15-12(10)20-2)16-21(17,18)9-5-3-8(13)4-6-9/h3-7H,13H2,1-2H3,(H,14,15,16)/i2D3. The molecule has 2 aromatic rings. The van der Waals surface area contributed by atoms with Crippen LogP contribution in [0.2, 0.25) is 0 Å². The number of sulfonamides is 1. The molecule has 3 N–H and O–H groups in total. The summed E-state index contributed by atoms with van der Waals surface area (Å²) in [5, 5.41) is 0. The second kappa shape index (κ2) is 5.83. The van der Waals surface area contributed by atoms with Crippen molar-refractivity contribution in [3.05, 3.63) is 30.6 Å². The molecule has 8 nitrogen and oxygen atoms in total. The monoisotopic (exact) mass is 313 g/mol. The SMILES string of the molecule is [2H]C([2H])([2H])Oc1ncnc(NS(=O)(=O)c2ccc(N)cc2)c1OC. The second-order valence-corrected chi connectivity index (χ2v) is 5.52. The van der Waals surface area contributed by atoms with Crippen LogP contribution in [-0.4, -0.2) is 32.5 Å². The summed E-state index contributed by atoms with van der Waals surface area (Å²) in [4.78, 5) is 7.33. The van der Waals surface area contributed by atoms with E-state index in [4.69, 9.17) is 14.6 Å². The van der Waals surface area contributed by atoms with Gasteiger partial charge in [0.25, 0.3) is 15.9 Å². The highest BCUT2D eigenvalue weighted by Crippen LogP contribution is 2.31. The molecule has 112 valence electrons. The summed E-state index contributed by atoms with van der Waals surface area (Å²) < 4.78 is 57.8. The molecule has 0 radical (unpaired) electrons. The fourth-order valence-electron chi connectivity index (χ4n) is 1.52. The predicted octanol–water partition coefficient (Wildman–Crippen LogP) is 0.877. The molecule has 0 aliphatic heterocycles. The van der Waals surface area contributed by atoms with E-state index in [1.165, 1.54) is 31.4 Å². The minimum absolute atomic E-state index is 0.0596. The predicted molar refractivity (Wildman–Crippen MR) is 76.8 cm³/mol. The summed E-state index contributed by atoms with van der Waals surface area (Å²) in [6.45, 7) is 0. The lowest BCUT2D eigenvalue weighted by molar-refractivity contribution is 0.342. The van der Waals surface area contributed by atoms with Gasteiger partial charge in [-0.1, -0.05) is 0 Å². The van der Waals surface area contributed by atoms with E-state index in [0.29, 0.717) is 5.69 Å². The Morgan fingerprint density at radius 2 is 1.95 bits per heavy atom. The third kappa shape index (κ3) is 3.14. The summed E-state index contributed by atoms with van der Waals surface area (Å²) in [5.41, 5.74) is 5.93. The maximum absolute atomic E-state index is 12.4. The first kappa shape index (κ1) is 11.1. The Balaban J connectivity index is 2.38. The Bertz CT molecular complexity index is 825. The van der Waals surface area contributed by atoms with Crippen molar-refractivity contribution in [2.45, 2.75) is 4.90 Å². The molecule has 1 aromatic carbocycles. The number of nitrogen functional groups attached to an aromatic ring is 1. The second-order valence-electron chi connectivity index (χ2n) is 3.84. The van der Waals surface area contributed by atoms with E-state index in [0.717, 1.165) is 6.33 Å². The van der Waals surface area contributed by atoms with Crippen molar-refractivity contribution in [1.82, 2.24) is 9.97 Å². The highest BCUT2D eigenvalue weighted by Gasteiger charge is 2.20. The van der Waals surface area contributed by atoms with Crippen molar-refractivity contribution in [2.24, 2.45) is 0 Å². The van der Waals surface area contributed by atoms with Crippen molar-refractivity contribution in [2.75, 3.05) is 24.6 Å². The Hall–Kier alpha value is -2.55. The van der Waals surface area contributed by atoms with Gasteiger partial charge in [-0.25, -0.2) is 13.4 Å². The van der Waals surface area contributed by atoms with E-state index in [1.807, 2.05) is 0 Å². The van der Waals surface area contributed by atoms with Gasteiger partial charge in [-0.2, -0.15) is 4.98 Å². The summed E-state index contributed by atoms with van der Waals surface area (Å²) >= 11 is 0. The Labute approximate surface area is 126 Å². The lowest BCUT2D eigenvalue weighted by atomic mass is 10.3. The summed E-state index contributed by atoms with van der Waals surface area (Å²) in [6.07, 6.45) is 0.949. The van der Waals surface area contributed by atoms with Crippen LogP contribution in [0.5, 0.6) is 11.6 Å². The fraction of sp³-hybridized carbons (Fsp3) is 0.167. The minimum Gasteiger partial charge on any atom is -0.489 e. The van der Waals surface area contributed by atoms with Crippen LogP contribution in [0.1, 0.15) is 4.11 Å². The molecule has 0 saturated heterocycles. The van der Waals surface area contributed by atoms with Gasteiger partial charge in [-0.15, -0.1) is 0 Å². The smallest absolute Gasteiger partial charge is 0.263 e. The number of anilines is 2. The van der Waals surface area contributed by atoms with Gasteiger partial charge < -0.3 is 15.2 Å². The van der Waals surface area contributed by atoms with Gasteiger partial charge in [-0.3, -0.25) is 4.72 Å². The first-order chi connectivity index (χ1) is 11.1. The Morgan fingerprint density at radius 1 is 1.24 bits per heavy atom. The van der Waals surface area contributed by atoms with Crippen LogP contribution in [-0.2, 0) is 10.0 Å². The number of ether oxygens (including phenoxy) is 2. The number of nitrogens with two attached hydrogens (primary N) is 1. The molecule has 0 saturated carbocycles. The molecular weight excluding hydrogens is 296 g/mol. The van der Waals surface area contributed by atoms with Crippen LogP contribution in [0.15, 0.2) is 35.5 Å². The molecule has 0 aliphatic rings. The molecule has 9 heteroatoms. The zero-order valence-electron chi connectivity index (χ0n) is 13.9. The Kier molecular flexibility index (Phi) is 3.10. The summed E-state index contributed by atoms with van der Waals surface area (Å²) in [6, 6.07) is 5.47. The van der Waals surface area contributed by atoms with Gasteiger partial charge in [0, 0.05) is 5.69 Å². The number of nitrogens with one attached hydrogen (secondary N) is 1. The number of nitrogens with zero attached hydrogens (tertiary/aromatic N) is 2. The van der Waals surface area contributed by atoms with E-state index in [1.54, 1.807) is 0 Å². The zero-order chi connectivity index (χ0) is 18.0. The molecule has 21 heavy (non-hydrogen) atoms. The molecule has 1 heterocycles. The summed E-state index contributed by atoms with van der Waals surface area (Å²) in [7, 11) is -5.58. The molecule has 0 spiro atoms. The average molecular weight is 313 g/mol. The van der Waals surface area contributed by atoms with Crippen LogP contribution < -0.4 is 19.9 Å². The van der Waals surface area contributed by atoms with Crippen LogP contribution in [0.25, 0.3) is 0 Å². The fourth-order valence-corrected chi connectivity index (χ4v) is 2.53. The van der Waals surface area contributed by atoms with E-state index in [-0.39, 0.29) is 16.5 Å². The first-order valence-electron chi connectivity index (χ1n) is 7.09. The van der Waals surface area contributed by atoms with Crippen LogP contribution in [0.4, 0.5) is 11.5 Å². The van der Waals surface area contributed by atoms with Crippen LogP contribution in [0.3, 0.4) is 0 Å². The maximum Gasteiger partial charge on any atom is 0.263 e. The van der Waals surface area contributed by atoms with E-state index in [2.05, 4.69) is 19.4 Å². The number of rotatable bonds is 5. The van der Waals surface area contributed by atoms with Gasteiger partial charge in [0.2, 0.25) is 5.75 Å². The third-order valence-corrected chi connectivity index (χ3v) is 3.85. The first-order valence-corrected chi connectivity index (χ1v) is 7.07. The van der Waals surface area contributed by atoms with Gasteiger partial charge in [0.05, 0.1) is 23.2 Å². The molecule has 0 amide bonds. The van der Waals surface area contributed by atoms with Crippen molar-refractivity contribution in [3.63, 3.8) is 0 Å². The van der Waals surface area contributed by atoms with Gasteiger partial charge in [0.15, 0.2) is 5.82 Å². The van der Waals surface area contributed by atoms with Crippen LogP contribution >= 0.6 is 0 Å². The van der Waals surface area contributed by atoms with E-state index >= 15 is 0 Å². The number of benzene rings is 1. The van der Waals surface area contributed by atoms with E-state index in [9.17, 15) is 8.42 Å². The highest BCUT2D eigenvalue weighted by molar-refractivity contribution is 7.92. The van der Waals surface area contributed by atoms with Gasteiger partial charge >= 0.3 is 0 Å². The summed E-state index contributed by atoms with van der Waals surface area (Å²) in [5.74, 6) is -0.932. The molecule has 1 aromatic heterocycles. The largest absolute Gasteiger partial charge is 0.489 e. The normalized spacial score (nSPS) is 13.7. The maximum atomic E-state index is 12.4. The topological polar surface area (TPSA) is 116 Å². The molecule has 0 aliphatic carbocycles. The quantitative estimate of drug-likeness (QED) is 0.787. The van der Waals surface area contributed by atoms with Crippen molar-refractivity contribution >= 4 is 21.5 Å². The van der Waals surface area contributed by atoms with Crippen molar-refractivity contribution in [1.29, 1.82) is 0 Å². The van der Waals surface area contributed by atoms with Crippen molar-refractivity contribution < 1.29 is 22.0 Å². The Morgan fingerprint density at radius 3 is 2.57 bits per heavy atom. The molecule has 0 atom stereocenters. The lowest BCUT2D eigenvalue weighted by Gasteiger charge is -2.12. The average Bonchev–Trinajstić information content (AvgIpc) is 2.46. The number of hydrogen-bond donors (Lipinski definition) is 2. The number of hydrogen-bond acceptors (Lipinski definition) is 7.